The summed E-state index contributed by atoms with van der Waals surface area (Å²) < 4.78 is 2.08. The molecule has 6 nitrogen and oxygen atoms in total. The molecule has 1 aliphatic heterocycles. The van der Waals surface area contributed by atoms with E-state index in [1.54, 1.807) is 12.4 Å². The number of aryl methyl sites for hydroxylation is 2. The Hall–Kier alpha value is -2.11. The summed E-state index contributed by atoms with van der Waals surface area (Å²) in [4.78, 5) is 19.0. The van der Waals surface area contributed by atoms with E-state index in [1.165, 1.54) is 0 Å². The second kappa shape index (κ2) is 6.77. The van der Waals surface area contributed by atoms with Crippen LogP contribution in [0.3, 0.4) is 0 Å². The lowest BCUT2D eigenvalue weighted by atomic mass is 9.99. The van der Waals surface area contributed by atoms with Crippen LogP contribution < -0.4 is 0 Å². The Morgan fingerprint density at radius 1 is 1.41 bits per heavy atom. The van der Waals surface area contributed by atoms with E-state index in [1.807, 2.05) is 17.2 Å². The maximum Gasteiger partial charge on any atom is 0.224 e. The van der Waals surface area contributed by atoms with Crippen LogP contribution in [0, 0.1) is 0 Å². The van der Waals surface area contributed by atoms with E-state index in [0.717, 1.165) is 43.7 Å². The monoisotopic (exact) mass is 301 g/mol. The van der Waals surface area contributed by atoms with E-state index in [0.29, 0.717) is 13.0 Å². The van der Waals surface area contributed by atoms with Gasteiger partial charge >= 0.3 is 0 Å². The maximum absolute atomic E-state index is 12.7. The third-order valence-corrected chi connectivity index (χ3v) is 4.39. The largest absolute Gasteiger partial charge is 0.334 e. The lowest BCUT2D eigenvalue weighted by molar-refractivity contribution is -0.135. The highest BCUT2D eigenvalue weighted by atomic mass is 16.2. The number of H-pyrrole nitrogens is 1. The smallest absolute Gasteiger partial charge is 0.224 e. The molecular weight excluding hydrogens is 278 g/mol. The number of likely N-dealkylation sites (tertiary alicyclic amines) is 1. The molecule has 22 heavy (non-hydrogen) atoms. The van der Waals surface area contributed by atoms with Crippen molar-refractivity contribution in [1.29, 1.82) is 0 Å². The Labute approximate surface area is 130 Å². The van der Waals surface area contributed by atoms with E-state index < -0.39 is 0 Å². The third kappa shape index (κ3) is 3.05. The standard InChI is InChI=1S/C16H23N5O/c1-2-15-17-9-12-20(15)11-7-16(22)21-10-4-3-5-14(21)13-6-8-18-19-13/h6,8-9,12,14H,2-5,7,10-11H2,1H3,(H,18,19). The van der Waals surface area contributed by atoms with Crippen LogP contribution >= 0.6 is 0 Å². The Bertz CT molecular complexity index is 604. The molecule has 3 rings (SSSR count). The van der Waals surface area contributed by atoms with Gasteiger partial charge in [0.25, 0.3) is 0 Å². The molecule has 118 valence electrons. The van der Waals surface area contributed by atoms with Crippen molar-refractivity contribution in [3.63, 3.8) is 0 Å². The third-order valence-electron chi connectivity index (χ3n) is 4.39. The second-order valence-electron chi connectivity index (χ2n) is 5.75. The first-order valence-corrected chi connectivity index (χ1v) is 8.08. The number of rotatable bonds is 5. The normalized spacial score (nSPS) is 18.6. The minimum Gasteiger partial charge on any atom is -0.334 e. The fourth-order valence-electron chi connectivity index (χ4n) is 3.22. The van der Waals surface area contributed by atoms with Crippen LogP contribution in [0.5, 0.6) is 0 Å². The highest BCUT2D eigenvalue weighted by Crippen LogP contribution is 2.30. The number of carbonyl (C=O) groups is 1. The van der Waals surface area contributed by atoms with Crippen molar-refractivity contribution in [1.82, 2.24) is 24.6 Å². The van der Waals surface area contributed by atoms with Crippen molar-refractivity contribution in [2.24, 2.45) is 0 Å². The number of amides is 1. The molecule has 0 aliphatic carbocycles. The number of hydrogen-bond donors (Lipinski definition) is 1. The van der Waals surface area contributed by atoms with Gasteiger partial charge in [-0.25, -0.2) is 4.98 Å². The van der Waals surface area contributed by atoms with Gasteiger partial charge in [0.15, 0.2) is 0 Å². The molecule has 2 aromatic heterocycles. The summed E-state index contributed by atoms with van der Waals surface area (Å²) in [6.45, 7) is 3.63. The molecule has 1 aliphatic rings. The van der Waals surface area contributed by atoms with E-state index in [9.17, 15) is 4.79 Å². The summed E-state index contributed by atoms with van der Waals surface area (Å²) in [5.41, 5.74) is 1.05. The summed E-state index contributed by atoms with van der Waals surface area (Å²) in [5, 5.41) is 7.05. The summed E-state index contributed by atoms with van der Waals surface area (Å²) in [6, 6.07) is 2.12. The number of piperidine rings is 1. The summed E-state index contributed by atoms with van der Waals surface area (Å²) in [6.07, 6.45) is 10.2. The van der Waals surface area contributed by atoms with Crippen molar-refractivity contribution < 1.29 is 4.79 Å². The number of hydrogen-bond acceptors (Lipinski definition) is 3. The number of carbonyl (C=O) groups excluding carboxylic acids is 1. The quantitative estimate of drug-likeness (QED) is 0.921. The number of imidazole rings is 1. The first kappa shape index (κ1) is 14.8. The van der Waals surface area contributed by atoms with Crippen molar-refractivity contribution in [2.75, 3.05) is 6.54 Å². The van der Waals surface area contributed by atoms with Gasteiger partial charge < -0.3 is 9.47 Å². The van der Waals surface area contributed by atoms with Crippen molar-refractivity contribution in [3.8, 4) is 0 Å². The van der Waals surface area contributed by atoms with Gasteiger partial charge in [-0.15, -0.1) is 0 Å². The zero-order valence-electron chi connectivity index (χ0n) is 13.0. The van der Waals surface area contributed by atoms with Crippen LogP contribution in [0.25, 0.3) is 0 Å². The average molecular weight is 301 g/mol. The van der Waals surface area contributed by atoms with Crippen molar-refractivity contribution >= 4 is 5.91 Å². The molecule has 0 aromatic carbocycles. The predicted molar refractivity (Wildman–Crippen MR) is 83.1 cm³/mol. The summed E-state index contributed by atoms with van der Waals surface area (Å²) in [5.74, 6) is 1.26. The van der Waals surface area contributed by atoms with Crippen LogP contribution in [0.15, 0.2) is 24.7 Å². The number of aromatic nitrogens is 4. The van der Waals surface area contributed by atoms with Gasteiger partial charge in [-0.3, -0.25) is 9.89 Å². The van der Waals surface area contributed by atoms with E-state index >= 15 is 0 Å². The molecule has 1 fully saturated rings. The molecule has 3 heterocycles. The van der Waals surface area contributed by atoms with Crippen molar-refractivity contribution in [2.45, 2.75) is 51.6 Å². The molecule has 0 saturated carbocycles. The Kier molecular flexibility index (Phi) is 4.56. The van der Waals surface area contributed by atoms with Gasteiger partial charge in [-0.05, 0) is 25.3 Å². The Morgan fingerprint density at radius 2 is 2.32 bits per heavy atom. The minimum absolute atomic E-state index is 0.150. The molecule has 1 amide bonds. The zero-order chi connectivity index (χ0) is 15.4. The van der Waals surface area contributed by atoms with Crippen LogP contribution in [0.1, 0.15) is 50.2 Å². The molecule has 2 aromatic rings. The van der Waals surface area contributed by atoms with Gasteiger partial charge in [0.05, 0.1) is 11.7 Å². The lowest BCUT2D eigenvalue weighted by Crippen LogP contribution is -2.39. The first-order chi connectivity index (χ1) is 10.8. The first-order valence-electron chi connectivity index (χ1n) is 8.08. The van der Waals surface area contributed by atoms with E-state index in [2.05, 4.69) is 26.7 Å². The van der Waals surface area contributed by atoms with Crippen molar-refractivity contribution in [3.05, 3.63) is 36.2 Å². The van der Waals surface area contributed by atoms with Crippen LogP contribution in [0.4, 0.5) is 0 Å². The summed E-state index contributed by atoms with van der Waals surface area (Å²) in [7, 11) is 0. The highest BCUT2D eigenvalue weighted by molar-refractivity contribution is 5.76. The molecule has 0 spiro atoms. The number of aromatic amines is 1. The molecular formula is C16H23N5O. The van der Waals surface area contributed by atoms with Gasteiger partial charge in [0.2, 0.25) is 5.91 Å². The lowest BCUT2D eigenvalue weighted by Gasteiger charge is -2.35. The molecule has 1 unspecified atom stereocenters. The summed E-state index contributed by atoms with van der Waals surface area (Å²) >= 11 is 0. The SMILES string of the molecule is CCc1nccn1CCC(=O)N1CCCCC1c1ccn[nH]1. The highest BCUT2D eigenvalue weighted by Gasteiger charge is 2.28. The predicted octanol–water partition coefficient (Wildman–Crippen LogP) is 2.31. The second-order valence-corrected chi connectivity index (χ2v) is 5.75. The topological polar surface area (TPSA) is 66.8 Å². The molecule has 1 atom stereocenters. The van der Waals surface area contributed by atoms with E-state index in [4.69, 9.17) is 0 Å². The molecule has 1 saturated heterocycles. The zero-order valence-corrected chi connectivity index (χ0v) is 13.0. The number of nitrogens with zero attached hydrogens (tertiary/aromatic N) is 4. The Balaban J connectivity index is 1.65. The molecule has 1 N–H and O–H groups in total. The molecule has 0 radical (unpaired) electrons. The van der Waals surface area contributed by atoms with Gasteiger partial charge in [-0.1, -0.05) is 6.92 Å². The fourth-order valence-corrected chi connectivity index (χ4v) is 3.22. The molecule has 6 heteroatoms. The van der Waals surface area contributed by atoms with Crippen LogP contribution in [-0.2, 0) is 17.8 Å². The minimum atomic E-state index is 0.150. The maximum atomic E-state index is 12.7. The number of nitrogens with one attached hydrogen (secondary N) is 1. The van der Waals surface area contributed by atoms with Gasteiger partial charge in [0, 0.05) is 44.5 Å². The van der Waals surface area contributed by atoms with Gasteiger partial charge in [-0.2, -0.15) is 5.10 Å². The van der Waals surface area contributed by atoms with E-state index in [-0.39, 0.29) is 11.9 Å². The van der Waals surface area contributed by atoms with Gasteiger partial charge in [0.1, 0.15) is 5.82 Å². The fraction of sp³-hybridized carbons (Fsp3) is 0.562. The average Bonchev–Trinajstić information content (AvgIpc) is 3.23. The van der Waals surface area contributed by atoms with Crippen LogP contribution in [-0.4, -0.2) is 37.1 Å². The molecule has 0 bridgehead atoms. The Morgan fingerprint density at radius 3 is 3.09 bits per heavy atom. The van der Waals surface area contributed by atoms with Crippen LogP contribution in [0.2, 0.25) is 0 Å².